The van der Waals surface area contributed by atoms with E-state index in [2.05, 4.69) is 20.9 Å². The lowest BCUT2D eigenvalue weighted by molar-refractivity contribution is 0.101. The number of hydrogen-bond acceptors (Lipinski definition) is 3. The van der Waals surface area contributed by atoms with Crippen LogP contribution in [0.25, 0.3) is 0 Å². The molecule has 2 aromatic rings. The average Bonchev–Trinajstić information content (AvgIpc) is 2.34. The highest BCUT2D eigenvalue weighted by molar-refractivity contribution is 9.10. The van der Waals surface area contributed by atoms with Crippen LogP contribution in [0, 0.1) is 5.82 Å². The van der Waals surface area contributed by atoms with Gasteiger partial charge >= 0.3 is 0 Å². The average molecular weight is 326 g/mol. The molecule has 0 saturated heterocycles. The lowest BCUT2D eigenvalue weighted by atomic mass is 10.1. The van der Waals surface area contributed by atoms with E-state index in [0.717, 1.165) is 4.47 Å². The molecular weight excluding hydrogens is 317 g/mol. The number of ketones is 1. The maximum absolute atomic E-state index is 13.8. The summed E-state index contributed by atoms with van der Waals surface area (Å²) in [6, 6.07) is 8.11. The molecule has 0 unspecified atom stereocenters. The SMILES string of the molecule is CC(=O)c1ccc(Sc2ccc(Br)cn2)c(F)c1. The maximum Gasteiger partial charge on any atom is 0.159 e. The molecule has 0 spiro atoms. The van der Waals surface area contributed by atoms with Gasteiger partial charge in [-0.2, -0.15) is 0 Å². The van der Waals surface area contributed by atoms with Crippen molar-refractivity contribution in [3.63, 3.8) is 0 Å². The summed E-state index contributed by atoms with van der Waals surface area (Å²) in [5, 5.41) is 0.702. The first-order chi connectivity index (χ1) is 8.56. The summed E-state index contributed by atoms with van der Waals surface area (Å²) < 4.78 is 14.6. The van der Waals surface area contributed by atoms with Crippen molar-refractivity contribution >= 4 is 33.5 Å². The Morgan fingerprint density at radius 1 is 1.33 bits per heavy atom. The number of nitrogens with zero attached hydrogens (tertiary/aromatic N) is 1. The lowest BCUT2D eigenvalue weighted by Gasteiger charge is -2.04. The molecule has 2 nitrogen and oxygen atoms in total. The molecule has 1 heterocycles. The smallest absolute Gasteiger partial charge is 0.159 e. The van der Waals surface area contributed by atoms with Crippen molar-refractivity contribution < 1.29 is 9.18 Å². The molecule has 0 amide bonds. The van der Waals surface area contributed by atoms with Gasteiger partial charge in [0.2, 0.25) is 0 Å². The Morgan fingerprint density at radius 2 is 2.11 bits per heavy atom. The molecule has 1 aromatic heterocycles. The third-order valence-corrected chi connectivity index (χ3v) is 3.72. The summed E-state index contributed by atoms with van der Waals surface area (Å²) in [6.07, 6.45) is 1.66. The normalized spacial score (nSPS) is 10.4. The number of halogens is 2. The van der Waals surface area contributed by atoms with E-state index in [1.165, 1.54) is 24.8 Å². The first-order valence-corrected chi connectivity index (χ1v) is 6.77. The van der Waals surface area contributed by atoms with Crippen LogP contribution in [-0.2, 0) is 0 Å². The summed E-state index contributed by atoms with van der Waals surface area (Å²) in [5.74, 6) is -0.551. The standard InChI is InChI=1S/C13H9BrFNOS/c1-8(17)9-2-4-12(11(15)6-9)18-13-5-3-10(14)7-16-13/h2-7H,1H3. The summed E-state index contributed by atoms with van der Waals surface area (Å²) in [5.41, 5.74) is 0.376. The van der Waals surface area contributed by atoms with Crippen molar-refractivity contribution in [2.24, 2.45) is 0 Å². The highest BCUT2D eigenvalue weighted by atomic mass is 79.9. The fourth-order valence-corrected chi connectivity index (χ4v) is 2.33. The van der Waals surface area contributed by atoms with Gasteiger partial charge in [-0.05, 0) is 47.1 Å². The van der Waals surface area contributed by atoms with E-state index >= 15 is 0 Å². The highest BCUT2D eigenvalue weighted by Gasteiger charge is 2.08. The predicted molar refractivity (Wildman–Crippen MR) is 72.5 cm³/mol. The van der Waals surface area contributed by atoms with Crippen LogP contribution in [0.3, 0.4) is 0 Å². The molecule has 0 fully saturated rings. The highest BCUT2D eigenvalue weighted by Crippen LogP contribution is 2.29. The van der Waals surface area contributed by atoms with E-state index in [1.54, 1.807) is 24.4 Å². The number of rotatable bonds is 3. The van der Waals surface area contributed by atoms with Crippen molar-refractivity contribution in [3.8, 4) is 0 Å². The molecule has 0 bridgehead atoms. The Labute approximate surface area is 117 Å². The van der Waals surface area contributed by atoms with Crippen LogP contribution in [0.2, 0.25) is 0 Å². The summed E-state index contributed by atoms with van der Waals surface area (Å²) in [4.78, 5) is 15.7. The molecule has 18 heavy (non-hydrogen) atoms. The number of carbonyl (C=O) groups excluding carboxylic acids is 1. The van der Waals surface area contributed by atoms with Crippen LogP contribution >= 0.6 is 27.7 Å². The minimum atomic E-state index is -0.405. The van der Waals surface area contributed by atoms with Crippen molar-refractivity contribution in [3.05, 3.63) is 52.4 Å². The molecule has 0 atom stereocenters. The molecule has 0 saturated carbocycles. The summed E-state index contributed by atoms with van der Waals surface area (Å²) in [6.45, 7) is 1.41. The van der Waals surface area contributed by atoms with Gasteiger partial charge in [0.15, 0.2) is 5.78 Å². The second kappa shape index (κ2) is 5.63. The lowest BCUT2D eigenvalue weighted by Crippen LogP contribution is -1.93. The fourth-order valence-electron chi connectivity index (χ4n) is 1.34. The van der Waals surface area contributed by atoms with Gasteiger partial charge in [0.05, 0.1) is 0 Å². The van der Waals surface area contributed by atoms with Gasteiger partial charge in [-0.3, -0.25) is 4.79 Å². The second-order valence-electron chi connectivity index (χ2n) is 3.62. The topological polar surface area (TPSA) is 30.0 Å². The number of benzene rings is 1. The Kier molecular flexibility index (Phi) is 4.14. The van der Waals surface area contributed by atoms with Gasteiger partial charge in [-0.1, -0.05) is 17.8 Å². The molecule has 92 valence electrons. The molecule has 0 aliphatic heterocycles. The number of Topliss-reactive ketones (excluding diaryl/α,β-unsaturated/α-hetero) is 1. The summed E-state index contributed by atoms with van der Waals surface area (Å²) >= 11 is 4.51. The molecule has 1 aromatic carbocycles. The van der Waals surface area contributed by atoms with E-state index in [0.29, 0.717) is 15.5 Å². The fraction of sp³-hybridized carbons (Fsp3) is 0.0769. The zero-order valence-corrected chi connectivity index (χ0v) is 11.9. The third kappa shape index (κ3) is 3.17. The maximum atomic E-state index is 13.8. The van der Waals surface area contributed by atoms with E-state index in [4.69, 9.17) is 0 Å². The van der Waals surface area contributed by atoms with E-state index < -0.39 is 5.82 Å². The van der Waals surface area contributed by atoms with Gasteiger partial charge in [-0.25, -0.2) is 9.37 Å². The van der Waals surface area contributed by atoms with Crippen LogP contribution in [0.15, 0.2) is 50.9 Å². The summed E-state index contributed by atoms with van der Waals surface area (Å²) in [7, 11) is 0. The number of pyridine rings is 1. The van der Waals surface area contributed by atoms with Crippen molar-refractivity contribution in [2.75, 3.05) is 0 Å². The monoisotopic (exact) mass is 325 g/mol. The van der Waals surface area contributed by atoms with Crippen LogP contribution in [0.1, 0.15) is 17.3 Å². The molecule has 2 rings (SSSR count). The number of hydrogen-bond donors (Lipinski definition) is 0. The van der Waals surface area contributed by atoms with Gasteiger partial charge in [0.25, 0.3) is 0 Å². The Bertz CT molecular complexity index is 586. The first-order valence-electron chi connectivity index (χ1n) is 5.16. The molecule has 0 N–H and O–H groups in total. The molecular formula is C13H9BrFNOS. The van der Waals surface area contributed by atoms with E-state index in [-0.39, 0.29) is 5.78 Å². The van der Waals surface area contributed by atoms with Crippen LogP contribution in [0.5, 0.6) is 0 Å². The molecule has 0 aliphatic rings. The number of carbonyl (C=O) groups is 1. The predicted octanol–water partition coefficient (Wildman–Crippen LogP) is 4.34. The quantitative estimate of drug-likeness (QED) is 0.786. The van der Waals surface area contributed by atoms with Crippen molar-refractivity contribution in [1.29, 1.82) is 0 Å². The van der Waals surface area contributed by atoms with Gasteiger partial charge in [-0.15, -0.1) is 0 Å². The molecule has 0 aliphatic carbocycles. The molecule has 0 radical (unpaired) electrons. The van der Waals surface area contributed by atoms with Gasteiger partial charge < -0.3 is 0 Å². The van der Waals surface area contributed by atoms with Crippen LogP contribution in [0.4, 0.5) is 4.39 Å². The Hall–Kier alpha value is -1.20. The molecule has 5 heteroatoms. The van der Waals surface area contributed by atoms with Crippen LogP contribution < -0.4 is 0 Å². The Balaban J connectivity index is 2.24. The van der Waals surface area contributed by atoms with Crippen LogP contribution in [-0.4, -0.2) is 10.8 Å². The minimum Gasteiger partial charge on any atom is -0.295 e. The van der Waals surface area contributed by atoms with Crippen molar-refractivity contribution in [1.82, 2.24) is 4.98 Å². The van der Waals surface area contributed by atoms with Gasteiger partial charge in [0, 0.05) is 21.1 Å². The second-order valence-corrected chi connectivity index (χ2v) is 5.60. The zero-order valence-electron chi connectivity index (χ0n) is 9.48. The Morgan fingerprint density at radius 3 is 2.67 bits per heavy atom. The van der Waals surface area contributed by atoms with E-state index in [1.807, 2.05) is 6.07 Å². The largest absolute Gasteiger partial charge is 0.295 e. The number of aromatic nitrogens is 1. The van der Waals surface area contributed by atoms with Gasteiger partial charge in [0.1, 0.15) is 10.8 Å². The zero-order chi connectivity index (χ0) is 13.1. The van der Waals surface area contributed by atoms with E-state index in [9.17, 15) is 9.18 Å². The third-order valence-electron chi connectivity index (χ3n) is 2.25. The van der Waals surface area contributed by atoms with Crippen molar-refractivity contribution in [2.45, 2.75) is 16.8 Å². The first kappa shape index (κ1) is 13.2. The minimum absolute atomic E-state index is 0.146.